The molecule has 0 bridgehead atoms. The Balaban J connectivity index is 3.35. The van der Waals surface area contributed by atoms with E-state index in [4.69, 9.17) is 0 Å². The molecule has 0 amide bonds. The van der Waals surface area contributed by atoms with E-state index < -0.39 is 16.1 Å². The number of ketones is 1. The highest BCUT2D eigenvalue weighted by Gasteiger charge is 2.40. The minimum atomic E-state index is -1.50. The lowest BCUT2D eigenvalue weighted by Gasteiger charge is -2.22. The third-order valence-electron chi connectivity index (χ3n) is 3.27. The maximum atomic E-state index is 12.6. The Bertz CT molecular complexity index is 363. The summed E-state index contributed by atoms with van der Waals surface area (Å²) < 4.78 is 0. The van der Waals surface area contributed by atoms with Gasteiger partial charge in [-0.3, -0.25) is 4.79 Å². The van der Waals surface area contributed by atoms with Gasteiger partial charge in [-0.05, 0) is 35.4 Å². The van der Waals surface area contributed by atoms with Crippen LogP contribution in [0, 0.1) is 0 Å². The molecule has 0 aromatic rings. The summed E-state index contributed by atoms with van der Waals surface area (Å²) in [5, 5.41) is 2.34. The maximum absolute atomic E-state index is 12.6. The lowest BCUT2D eigenvalue weighted by atomic mass is 10.2. The van der Waals surface area contributed by atoms with Gasteiger partial charge in [0.1, 0.15) is 0 Å². The number of carbonyl (C=O) groups is 1. The van der Waals surface area contributed by atoms with Crippen LogP contribution in [0.4, 0.5) is 0 Å². The molecular weight excluding hydrogens is 228 g/mol. The van der Waals surface area contributed by atoms with Gasteiger partial charge in [0, 0.05) is 0 Å². The largest absolute Gasteiger partial charge is 0.290 e. The van der Waals surface area contributed by atoms with E-state index in [1.807, 2.05) is 0 Å². The normalized spacial score (nSPS) is 18.9. The first-order chi connectivity index (χ1) is 6.98. The summed E-state index contributed by atoms with van der Waals surface area (Å²) in [6.07, 6.45) is 0. The van der Waals surface area contributed by atoms with Crippen LogP contribution < -0.4 is 0 Å². The predicted molar refractivity (Wildman–Crippen MR) is 77.1 cm³/mol. The highest BCUT2D eigenvalue weighted by Crippen LogP contribution is 2.38. The Kier molecular flexibility index (Phi) is 3.25. The third-order valence-corrected chi connectivity index (χ3v) is 7.47. The highest BCUT2D eigenvalue weighted by molar-refractivity contribution is 6.94. The van der Waals surface area contributed by atoms with Crippen molar-refractivity contribution in [3.8, 4) is 0 Å². The molecule has 0 radical (unpaired) electrons. The van der Waals surface area contributed by atoms with Crippen molar-refractivity contribution in [2.45, 2.75) is 53.1 Å². The molecule has 0 saturated heterocycles. The molecule has 3 heteroatoms. The first kappa shape index (κ1) is 13.6. The third kappa shape index (κ3) is 2.16. The fourth-order valence-corrected chi connectivity index (χ4v) is 7.01. The van der Waals surface area contributed by atoms with Gasteiger partial charge in [-0.2, -0.15) is 0 Å². The Morgan fingerprint density at radius 3 is 1.06 bits per heavy atom. The molecular formula is C13H24OSi2. The molecule has 0 aliphatic heterocycles. The van der Waals surface area contributed by atoms with Gasteiger partial charge in [0.05, 0.1) is 16.1 Å². The molecule has 0 aromatic heterocycles. The molecule has 0 aromatic carbocycles. The summed E-state index contributed by atoms with van der Waals surface area (Å²) in [7, 11) is -3.00. The van der Waals surface area contributed by atoms with Crippen molar-refractivity contribution in [2.24, 2.45) is 0 Å². The lowest BCUT2D eigenvalue weighted by Crippen LogP contribution is -2.35. The fourth-order valence-electron chi connectivity index (χ4n) is 2.65. The molecule has 90 valence electrons. The first-order valence-electron chi connectivity index (χ1n) is 5.95. The summed E-state index contributed by atoms with van der Waals surface area (Å²) in [5.41, 5.74) is 2.56. The number of rotatable bonds is 2. The van der Waals surface area contributed by atoms with Gasteiger partial charge in [0.15, 0.2) is 5.78 Å². The van der Waals surface area contributed by atoms with Crippen LogP contribution in [0.5, 0.6) is 0 Å². The van der Waals surface area contributed by atoms with Crippen molar-refractivity contribution in [2.75, 3.05) is 0 Å². The van der Waals surface area contributed by atoms with E-state index in [2.05, 4.69) is 53.1 Å². The van der Waals surface area contributed by atoms with E-state index >= 15 is 0 Å². The first-order valence-corrected chi connectivity index (χ1v) is 13.0. The summed E-state index contributed by atoms with van der Waals surface area (Å²) in [6, 6.07) is 0. The molecule has 0 atom stereocenters. The van der Waals surface area contributed by atoms with Crippen LogP contribution in [0.1, 0.15) is 13.8 Å². The molecule has 1 rings (SSSR count). The Morgan fingerprint density at radius 2 is 0.938 bits per heavy atom. The summed E-state index contributed by atoms with van der Waals surface area (Å²) in [4.78, 5) is 12.6. The molecule has 0 unspecified atom stereocenters. The minimum Gasteiger partial charge on any atom is -0.290 e. The Labute approximate surface area is 102 Å². The zero-order chi connectivity index (χ0) is 12.9. The Morgan fingerprint density at radius 1 is 0.688 bits per heavy atom. The second-order valence-electron chi connectivity index (χ2n) is 6.83. The van der Waals surface area contributed by atoms with Crippen molar-refractivity contribution < 1.29 is 4.79 Å². The summed E-state index contributed by atoms with van der Waals surface area (Å²) in [6.45, 7) is 17.9. The van der Waals surface area contributed by atoms with Crippen molar-refractivity contribution >= 4 is 21.9 Å². The molecule has 0 fully saturated rings. The molecule has 0 saturated carbocycles. The van der Waals surface area contributed by atoms with Gasteiger partial charge in [0.2, 0.25) is 0 Å². The Hall–Kier alpha value is -0.416. The molecule has 1 nitrogen and oxygen atoms in total. The van der Waals surface area contributed by atoms with Crippen molar-refractivity contribution in [3.63, 3.8) is 0 Å². The topological polar surface area (TPSA) is 17.1 Å². The second-order valence-corrected chi connectivity index (χ2v) is 16.8. The predicted octanol–water partition coefficient (Wildman–Crippen LogP) is 3.96. The average molecular weight is 253 g/mol. The average Bonchev–Trinajstić information content (AvgIpc) is 2.19. The van der Waals surface area contributed by atoms with Crippen molar-refractivity contribution in [1.82, 2.24) is 0 Å². The van der Waals surface area contributed by atoms with Gasteiger partial charge in [-0.1, -0.05) is 39.3 Å². The minimum absolute atomic E-state index is 0.383. The zero-order valence-electron chi connectivity index (χ0n) is 11.9. The van der Waals surface area contributed by atoms with Crippen LogP contribution in [0.25, 0.3) is 0 Å². The van der Waals surface area contributed by atoms with Crippen LogP contribution in [0.15, 0.2) is 21.5 Å². The summed E-state index contributed by atoms with van der Waals surface area (Å²) in [5.74, 6) is 0.383. The van der Waals surface area contributed by atoms with Crippen LogP contribution >= 0.6 is 0 Å². The zero-order valence-corrected chi connectivity index (χ0v) is 13.9. The quantitative estimate of drug-likeness (QED) is 0.680. The van der Waals surface area contributed by atoms with Crippen LogP contribution in [-0.2, 0) is 4.79 Å². The molecule has 0 heterocycles. The SMILES string of the molecule is CC1=C([Si](C)(C)C)C(=O)C([Si](C)(C)C)=C1C. The number of allylic oxidation sites excluding steroid dienone is 4. The maximum Gasteiger partial charge on any atom is 0.177 e. The van der Waals surface area contributed by atoms with E-state index in [0.29, 0.717) is 5.78 Å². The molecule has 1 aliphatic rings. The lowest BCUT2D eigenvalue weighted by molar-refractivity contribution is -0.111. The number of hydrogen-bond acceptors (Lipinski definition) is 1. The van der Waals surface area contributed by atoms with Crippen molar-refractivity contribution in [1.29, 1.82) is 0 Å². The number of carbonyl (C=O) groups excluding carboxylic acids is 1. The van der Waals surface area contributed by atoms with Gasteiger partial charge in [0.25, 0.3) is 0 Å². The van der Waals surface area contributed by atoms with Crippen molar-refractivity contribution in [3.05, 3.63) is 21.5 Å². The van der Waals surface area contributed by atoms with Crippen LogP contribution in [0.3, 0.4) is 0 Å². The number of Topliss-reactive ketones (excluding diaryl/α,β-unsaturated/α-hetero) is 1. The van der Waals surface area contributed by atoms with E-state index in [-0.39, 0.29) is 0 Å². The molecule has 1 aliphatic carbocycles. The molecule has 0 N–H and O–H groups in total. The summed E-state index contributed by atoms with van der Waals surface area (Å²) >= 11 is 0. The smallest absolute Gasteiger partial charge is 0.177 e. The van der Waals surface area contributed by atoms with E-state index in [1.165, 1.54) is 21.5 Å². The fraction of sp³-hybridized carbons (Fsp3) is 0.615. The van der Waals surface area contributed by atoms with E-state index in [9.17, 15) is 4.79 Å². The van der Waals surface area contributed by atoms with Crippen LogP contribution in [-0.4, -0.2) is 21.9 Å². The second kappa shape index (κ2) is 3.81. The standard InChI is InChI=1S/C13H24OSi2/c1-9-10(2)13(16(6,7)8)11(14)12(9)15(3,4)5/h1-8H3. The number of hydrogen-bond donors (Lipinski definition) is 0. The van der Waals surface area contributed by atoms with Crippen LogP contribution in [0.2, 0.25) is 39.3 Å². The van der Waals surface area contributed by atoms with Gasteiger partial charge in [-0.25, -0.2) is 0 Å². The van der Waals surface area contributed by atoms with Gasteiger partial charge < -0.3 is 0 Å². The van der Waals surface area contributed by atoms with Gasteiger partial charge >= 0.3 is 0 Å². The van der Waals surface area contributed by atoms with Gasteiger partial charge in [-0.15, -0.1) is 0 Å². The van der Waals surface area contributed by atoms with E-state index in [0.717, 1.165) is 0 Å². The molecule has 16 heavy (non-hydrogen) atoms. The van der Waals surface area contributed by atoms with E-state index in [1.54, 1.807) is 0 Å². The highest BCUT2D eigenvalue weighted by atomic mass is 28.3. The molecule has 0 spiro atoms. The monoisotopic (exact) mass is 252 g/mol.